The second kappa shape index (κ2) is 5.27. The van der Waals surface area contributed by atoms with Gasteiger partial charge in [-0.1, -0.05) is 31.5 Å². The zero-order chi connectivity index (χ0) is 13.1. The van der Waals surface area contributed by atoms with Gasteiger partial charge in [0.15, 0.2) is 0 Å². The van der Waals surface area contributed by atoms with Gasteiger partial charge in [-0.15, -0.1) is 11.6 Å². The molecule has 0 aromatic heterocycles. The second-order valence-corrected chi connectivity index (χ2v) is 4.79. The van der Waals surface area contributed by atoms with Crippen LogP contribution in [0.25, 0.3) is 0 Å². The minimum atomic E-state index is -4.61. The second-order valence-electron chi connectivity index (χ2n) is 3.94. The van der Waals surface area contributed by atoms with Crippen LogP contribution >= 0.6 is 23.2 Å². The van der Waals surface area contributed by atoms with Gasteiger partial charge >= 0.3 is 12.1 Å². The number of carbonyl (C=O) groups is 1. The molecule has 1 N–H and O–H groups in total. The lowest BCUT2D eigenvalue weighted by Crippen LogP contribution is -2.31. The van der Waals surface area contributed by atoms with Gasteiger partial charge in [0.2, 0.25) is 0 Å². The molecule has 7 heteroatoms. The molecule has 94 valence electrons. The zero-order valence-corrected chi connectivity index (χ0v) is 10.1. The van der Waals surface area contributed by atoms with Crippen molar-refractivity contribution in [1.82, 2.24) is 0 Å². The highest BCUT2D eigenvalue weighted by Gasteiger charge is 2.36. The molecule has 0 rings (SSSR count). The molecule has 0 aliphatic carbocycles. The van der Waals surface area contributed by atoms with E-state index in [2.05, 4.69) is 0 Å². The molecule has 0 heterocycles. The van der Waals surface area contributed by atoms with Gasteiger partial charge in [-0.3, -0.25) is 4.79 Å². The van der Waals surface area contributed by atoms with Gasteiger partial charge in [-0.05, 0) is 11.8 Å². The van der Waals surface area contributed by atoms with Crippen LogP contribution in [0.1, 0.15) is 20.3 Å². The maximum Gasteiger partial charge on any atom is 0.426 e. The number of carboxylic acid groups (broad SMARTS) is 1. The molecule has 1 unspecified atom stereocenters. The standard InChI is InChI=1S/C9H11Cl2F3O2/c1-8(2,6(11)7(15)16)4-3-5(10)9(12,13)14/h3,6H,4H2,1-2H3,(H,15,16)/b5-3-. The fraction of sp³-hybridized carbons (Fsp3) is 0.667. The number of carboxylic acids is 1. The van der Waals surface area contributed by atoms with E-state index < -0.39 is 28.0 Å². The van der Waals surface area contributed by atoms with Crippen molar-refractivity contribution in [1.29, 1.82) is 0 Å². The van der Waals surface area contributed by atoms with Crippen molar-refractivity contribution in [2.24, 2.45) is 5.41 Å². The number of hydrogen-bond donors (Lipinski definition) is 1. The van der Waals surface area contributed by atoms with Gasteiger partial charge in [0.05, 0.1) is 0 Å². The number of halogens is 5. The Hall–Kier alpha value is -0.420. The van der Waals surface area contributed by atoms with Gasteiger partial charge in [-0.25, -0.2) is 0 Å². The molecule has 0 radical (unpaired) electrons. The summed E-state index contributed by atoms with van der Waals surface area (Å²) in [7, 11) is 0. The Morgan fingerprint density at radius 1 is 1.44 bits per heavy atom. The molecule has 0 saturated heterocycles. The van der Waals surface area contributed by atoms with Crippen LogP contribution in [-0.4, -0.2) is 22.6 Å². The van der Waals surface area contributed by atoms with Crippen LogP contribution in [0.3, 0.4) is 0 Å². The third-order valence-corrected chi connectivity index (χ3v) is 3.13. The topological polar surface area (TPSA) is 37.3 Å². The Kier molecular flexibility index (Phi) is 5.14. The van der Waals surface area contributed by atoms with Crippen LogP contribution in [0.2, 0.25) is 0 Å². The van der Waals surface area contributed by atoms with Crippen molar-refractivity contribution >= 4 is 29.2 Å². The van der Waals surface area contributed by atoms with Crippen LogP contribution in [0.15, 0.2) is 11.1 Å². The van der Waals surface area contributed by atoms with Crippen LogP contribution in [0.5, 0.6) is 0 Å². The summed E-state index contributed by atoms with van der Waals surface area (Å²) in [5.74, 6) is -1.27. The van der Waals surface area contributed by atoms with Gasteiger partial charge in [0.1, 0.15) is 10.4 Å². The molecule has 2 nitrogen and oxygen atoms in total. The number of aliphatic carboxylic acids is 1. The first kappa shape index (κ1) is 15.6. The van der Waals surface area contributed by atoms with Crippen molar-refractivity contribution in [3.05, 3.63) is 11.1 Å². The molecular weight excluding hydrogens is 268 g/mol. The summed E-state index contributed by atoms with van der Waals surface area (Å²) in [4.78, 5) is 10.6. The molecule has 1 atom stereocenters. The minimum Gasteiger partial charge on any atom is -0.480 e. The number of rotatable bonds is 4. The van der Waals surface area contributed by atoms with E-state index >= 15 is 0 Å². The maximum atomic E-state index is 12.0. The molecule has 0 aliphatic heterocycles. The van der Waals surface area contributed by atoms with E-state index in [4.69, 9.17) is 28.3 Å². The molecule has 0 aromatic carbocycles. The van der Waals surface area contributed by atoms with Crippen LogP contribution in [-0.2, 0) is 4.79 Å². The summed E-state index contributed by atoms with van der Waals surface area (Å²) in [6.45, 7) is 2.91. The monoisotopic (exact) mass is 278 g/mol. The van der Waals surface area contributed by atoms with Crippen molar-refractivity contribution in [3.63, 3.8) is 0 Å². The lowest BCUT2D eigenvalue weighted by Gasteiger charge is -2.25. The average Bonchev–Trinajstić information content (AvgIpc) is 2.11. The third kappa shape index (κ3) is 4.61. The summed E-state index contributed by atoms with van der Waals surface area (Å²) >= 11 is 10.5. The first-order valence-electron chi connectivity index (χ1n) is 4.28. The zero-order valence-electron chi connectivity index (χ0n) is 8.61. The van der Waals surface area contributed by atoms with E-state index in [1.807, 2.05) is 0 Å². The molecule has 0 aliphatic rings. The Morgan fingerprint density at radius 2 is 1.88 bits per heavy atom. The van der Waals surface area contributed by atoms with E-state index in [1.165, 1.54) is 13.8 Å². The number of allylic oxidation sites excluding steroid dienone is 2. The summed E-state index contributed by atoms with van der Waals surface area (Å²) in [6, 6.07) is 0. The Morgan fingerprint density at radius 3 is 2.19 bits per heavy atom. The first-order valence-corrected chi connectivity index (χ1v) is 5.09. The lowest BCUT2D eigenvalue weighted by molar-refractivity contribution is -0.138. The fourth-order valence-electron chi connectivity index (χ4n) is 0.906. The Balaban J connectivity index is 4.68. The largest absolute Gasteiger partial charge is 0.480 e. The van der Waals surface area contributed by atoms with E-state index in [9.17, 15) is 18.0 Å². The Labute approximate surface area is 101 Å². The summed E-state index contributed by atoms with van der Waals surface area (Å²) < 4.78 is 36.1. The molecule has 0 fully saturated rings. The van der Waals surface area contributed by atoms with Gasteiger partial charge in [0, 0.05) is 0 Å². The number of alkyl halides is 4. The lowest BCUT2D eigenvalue weighted by atomic mass is 9.85. The molecule has 0 amide bonds. The van der Waals surface area contributed by atoms with E-state index in [0.717, 1.165) is 6.08 Å². The molecule has 0 saturated carbocycles. The van der Waals surface area contributed by atoms with Crippen molar-refractivity contribution in [2.75, 3.05) is 0 Å². The van der Waals surface area contributed by atoms with Gasteiger partial charge in [0.25, 0.3) is 0 Å². The maximum absolute atomic E-state index is 12.0. The van der Waals surface area contributed by atoms with E-state index in [0.29, 0.717) is 0 Å². The molecule has 0 spiro atoms. The quantitative estimate of drug-likeness (QED) is 0.795. The summed E-state index contributed by atoms with van der Waals surface area (Å²) in [5, 5.41) is 6.09. The van der Waals surface area contributed by atoms with E-state index in [-0.39, 0.29) is 6.42 Å². The molecule has 16 heavy (non-hydrogen) atoms. The smallest absolute Gasteiger partial charge is 0.426 e. The first-order chi connectivity index (χ1) is 6.98. The minimum absolute atomic E-state index is 0.175. The van der Waals surface area contributed by atoms with Gasteiger partial charge in [-0.2, -0.15) is 13.2 Å². The van der Waals surface area contributed by atoms with Crippen molar-refractivity contribution in [2.45, 2.75) is 31.8 Å². The fourth-order valence-corrected chi connectivity index (χ4v) is 1.07. The van der Waals surface area contributed by atoms with Crippen molar-refractivity contribution in [3.8, 4) is 0 Å². The summed E-state index contributed by atoms with van der Waals surface area (Å²) in [6.07, 6.45) is -4.05. The molecular formula is C9H11Cl2F3O2. The predicted molar refractivity (Wildman–Crippen MR) is 55.7 cm³/mol. The highest BCUT2D eigenvalue weighted by Crippen LogP contribution is 2.34. The van der Waals surface area contributed by atoms with Gasteiger partial charge < -0.3 is 5.11 Å². The molecule has 0 aromatic rings. The highest BCUT2D eigenvalue weighted by molar-refractivity contribution is 6.30. The van der Waals surface area contributed by atoms with Crippen LogP contribution in [0, 0.1) is 5.41 Å². The van der Waals surface area contributed by atoms with Crippen molar-refractivity contribution < 1.29 is 23.1 Å². The SMILES string of the molecule is CC(C)(C/C=C(\Cl)C(F)(F)F)C(Cl)C(=O)O. The van der Waals surface area contributed by atoms with Crippen LogP contribution < -0.4 is 0 Å². The van der Waals surface area contributed by atoms with Crippen LogP contribution in [0.4, 0.5) is 13.2 Å². The predicted octanol–water partition coefficient (Wildman–Crippen LogP) is 3.78. The average molecular weight is 279 g/mol. The normalized spacial score (nSPS) is 16.1. The third-order valence-electron chi connectivity index (χ3n) is 1.98. The van der Waals surface area contributed by atoms with E-state index in [1.54, 1.807) is 0 Å². The number of hydrogen-bond acceptors (Lipinski definition) is 1. The Bertz CT molecular complexity index is 298. The highest BCUT2D eigenvalue weighted by atomic mass is 35.5. The summed E-state index contributed by atoms with van der Waals surface area (Å²) in [5.41, 5.74) is -1.02. The molecule has 0 bridgehead atoms.